The van der Waals surface area contributed by atoms with Gasteiger partial charge >= 0.3 is 11.9 Å². The standard InChI is InChI=1S/C22H26N2O.C4H4O4/c1-2-7-20-22-19(10-6-11-21(22)25-23-20)18-12-14-24(15-13-18)16-17-8-4-3-5-9-17;5-3(6)1-2-4(7)8/h3-6,8-11,18H,2,7,12-16H2,1H3;1-2H,(H,5,6)(H,7,8)/b;2-1-. The molecule has 1 fully saturated rings. The zero-order valence-corrected chi connectivity index (χ0v) is 18.8. The number of carbonyl (C=O) groups is 2. The second kappa shape index (κ2) is 12.0. The van der Waals surface area contributed by atoms with Gasteiger partial charge in [-0.25, -0.2) is 9.59 Å². The Bertz CT molecular complexity index is 1070. The number of aryl methyl sites for hydroxylation is 1. The molecule has 0 bridgehead atoms. The third-order valence-electron chi connectivity index (χ3n) is 5.73. The number of hydrogen-bond donors (Lipinski definition) is 2. The van der Waals surface area contributed by atoms with Crippen LogP contribution in [0.3, 0.4) is 0 Å². The summed E-state index contributed by atoms with van der Waals surface area (Å²) < 4.78 is 5.57. The molecule has 0 atom stereocenters. The van der Waals surface area contributed by atoms with Crippen LogP contribution >= 0.6 is 0 Å². The van der Waals surface area contributed by atoms with Crippen molar-refractivity contribution >= 4 is 22.9 Å². The molecule has 174 valence electrons. The Kier molecular flexibility index (Phi) is 8.78. The first-order valence-electron chi connectivity index (χ1n) is 11.2. The Balaban J connectivity index is 0.000000331. The number of carboxylic acids is 2. The average molecular weight is 451 g/mol. The highest BCUT2D eigenvalue weighted by molar-refractivity contribution is 5.89. The molecular formula is C26H30N2O5. The minimum absolute atomic E-state index is 0.558. The average Bonchev–Trinajstić information content (AvgIpc) is 3.23. The lowest BCUT2D eigenvalue weighted by Gasteiger charge is -2.32. The fourth-order valence-electron chi connectivity index (χ4n) is 4.22. The van der Waals surface area contributed by atoms with Crippen LogP contribution in [-0.4, -0.2) is 45.3 Å². The SMILES string of the molecule is CCCc1noc2cccc(C3CCN(Cc4ccccc4)CC3)c12.O=C(O)/C=C\C(=O)O. The van der Waals surface area contributed by atoms with E-state index in [0.29, 0.717) is 18.1 Å². The van der Waals surface area contributed by atoms with Crippen molar-refractivity contribution in [3.8, 4) is 0 Å². The van der Waals surface area contributed by atoms with E-state index >= 15 is 0 Å². The highest BCUT2D eigenvalue weighted by atomic mass is 16.5. The third kappa shape index (κ3) is 7.02. The largest absolute Gasteiger partial charge is 0.478 e. The van der Waals surface area contributed by atoms with Crippen LogP contribution in [0.25, 0.3) is 11.0 Å². The molecule has 2 N–H and O–H groups in total. The van der Waals surface area contributed by atoms with Gasteiger partial charge in [-0.3, -0.25) is 4.90 Å². The van der Waals surface area contributed by atoms with E-state index in [4.69, 9.17) is 14.7 Å². The Morgan fingerprint density at radius 2 is 1.70 bits per heavy atom. The van der Waals surface area contributed by atoms with Crippen LogP contribution in [0, 0.1) is 0 Å². The first-order valence-corrected chi connectivity index (χ1v) is 11.2. The van der Waals surface area contributed by atoms with E-state index in [1.165, 1.54) is 29.4 Å². The molecule has 4 rings (SSSR count). The zero-order valence-electron chi connectivity index (χ0n) is 18.8. The molecule has 7 nitrogen and oxygen atoms in total. The van der Waals surface area contributed by atoms with Crippen molar-refractivity contribution in [2.75, 3.05) is 13.1 Å². The monoisotopic (exact) mass is 450 g/mol. The number of nitrogens with zero attached hydrogens (tertiary/aromatic N) is 2. The smallest absolute Gasteiger partial charge is 0.328 e. The summed E-state index contributed by atoms with van der Waals surface area (Å²) in [6.07, 6.45) is 5.64. The number of carboxylic acid groups (broad SMARTS) is 2. The third-order valence-corrected chi connectivity index (χ3v) is 5.73. The van der Waals surface area contributed by atoms with Crippen molar-refractivity contribution in [3.05, 3.63) is 77.5 Å². The summed E-state index contributed by atoms with van der Waals surface area (Å²) in [6, 6.07) is 17.2. The summed E-state index contributed by atoms with van der Waals surface area (Å²) in [5, 5.41) is 21.2. The first-order chi connectivity index (χ1) is 16.0. The van der Waals surface area contributed by atoms with E-state index in [0.717, 1.165) is 43.8 Å². The number of likely N-dealkylation sites (tertiary alicyclic amines) is 1. The number of piperidine rings is 1. The second-order valence-electron chi connectivity index (χ2n) is 8.15. The summed E-state index contributed by atoms with van der Waals surface area (Å²) >= 11 is 0. The van der Waals surface area contributed by atoms with E-state index in [1.54, 1.807) is 0 Å². The molecule has 33 heavy (non-hydrogen) atoms. The fourth-order valence-corrected chi connectivity index (χ4v) is 4.22. The molecule has 7 heteroatoms. The maximum Gasteiger partial charge on any atom is 0.328 e. The normalized spacial score (nSPS) is 14.8. The minimum Gasteiger partial charge on any atom is -0.478 e. The van der Waals surface area contributed by atoms with Crippen LogP contribution in [0.5, 0.6) is 0 Å². The molecule has 1 aromatic heterocycles. The van der Waals surface area contributed by atoms with Gasteiger partial charge in [-0.05, 0) is 55.5 Å². The van der Waals surface area contributed by atoms with E-state index in [2.05, 4.69) is 65.5 Å². The van der Waals surface area contributed by atoms with Crippen LogP contribution in [-0.2, 0) is 22.6 Å². The molecular weight excluding hydrogens is 420 g/mol. The van der Waals surface area contributed by atoms with Crippen molar-refractivity contribution in [3.63, 3.8) is 0 Å². The molecule has 0 spiro atoms. The zero-order chi connectivity index (χ0) is 23.6. The van der Waals surface area contributed by atoms with Crippen molar-refractivity contribution in [2.45, 2.75) is 45.1 Å². The molecule has 0 saturated carbocycles. The molecule has 1 aliphatic heterocycles. The Labute approximate surface area is 193 Å². The number of fused-ring (bicyclic) bond motifs is 1. The summed E-state index contributed by atoms with van der Waals surface area (Å²) in [5.41, 5.74) is 4.95. The molecule has 0 aliphatic carbocycles. The van der Waals surface area contributed by atoms with Gasteiger partial charge in [0, 0.05) is 24.1 Å². The first kappa shape index (κ1) is 24.2. The maximum absolute atomic E-state index is 9.55. The number of hydrogen-bond acceptors (Lipinski definition) is 5. The van der Waals surface area contributed by atoms with Crippen LogP contribution in [0.2, 0.25) is 0 Å². The van der Waals surface area contributed by atoms with Gasteiger partial charge in [0.1, 0.15) is 0 Å². The Hall–Kier alpha value is -3.45. The second-order valence-corrected chi connectivity index (χ2v) is 8.15. The minimum atomic E-state index is -1.26. The maximum atomic E-state index is 9.55. The Morgan fingerprint density at radius 1 is 1.03 bits per heavy atom. The van der Waals surface area contributed by atoms with E-state index in [-0.39, 0.29) is 0 Å². The molecule has 1 saturated heterocycles. The van der Waals surface area contributed by atoms with Crippen molar-refractivity contribution in [1.29, 1.82) is 0 Å². The molecule has 3 aromatic rings. The molecule has 0 unspecified atom stereocenters. The number of aliphatic carboxylic acids is 2. The molecule has 0 amide bonds. The van der Waals surface area contributed by atoms with Gasteiger partial charge in [-0.15, -0.1) is 0 Å². The quantitative estimate of drug-likeness (QED) is 0.495. The molecule has 1 aliphatic rings. The van der Waals surface area contributed by atoms with Crippen molar-refractivity contribution in [2.24, 2.45) is 0 Å². The van der Waals surface area contributed by atoms with Crippen LogP contribution < -0.4 is 0 Å². The van der Waals surface area contributed by atoms with Crippen LogP contribution in [0.15, 0.2) is 65.2 Å². The number of benzene rings is 2. The van der Waals surface area contributed by atoms with Gasteiger partial charge in [0.2, 0.25) is 0 Å². The lowest BCUT2D eigenvalue weighted by Crippen LogP contribution is -2.32. The number of rotatable bonds is 7. The molecule has 2 aromatic carbocycles. The van der Waals surface area contributed by atoms with Gasteiger partial charge in [0.15, 0.2) is 5.58 Å². The molecule has 2 heterocycles. The lowest BCUT2D eigenvalue weighted by molar-refractivity contribution is -0.134. The highest BCUT2D eigenvalue weighted by Gasteiger charge is 2.24. The van der Waals surface area contributed by atoms with Gasteiger partial charge in [-0.2, -0.15) is 0 Å². The topological polar surface area (TPSA) is 104 Å². The van der Waals surface area contributed by atoms with Crippen molar-refractivity contribution in [1.82, 2.24) is 10.1 Å². The highest BCUT2D eigenvalue weighted by Crippen LogP contribution is 2.35. The Morgan fingerprint density at radius 3 is 2.30 bits per heavy atom. The van der Waals surface area contributed by atoms with Crippen LogP contribution in [0.1, 0.15) is 48.9 Å². The van der Waals surface area contributed by atoms with Gasteiger partial charge in [-0.1, -0.05) is 61.0 Å². The van der Waals surface area contributed by atoms with Gasteiger partial charge < -0.3 is 14.7 Å². The van der Waals surface area contributed by atoms with Crippen LogP contribution in [0.4, 0.5) is 0 Å². The summed E-state index contributed by atoms with van der Waals surface area (Å²) in [6.45, 7) is 5.58. The molecule has 0 radical (unpaired) electrons. The summed E-state index contributed by atoms with van der Waals surface area (Å²) in [5.74, 6) is -1.90. The van der Waals surface area contributed by atoms with Gasteiger partial charge in [0.05, 0.1) is 5.69 Å². The predicted molar refractivity (Wildman–Crippen MR) is 126 cm³/mol. The number of aromatic nitrogens is 1. The predicted octanol–water partition coefficient (Wildman–Crippen LogP) is 4.87. The van der Waals surface area contributed by atoms with E-state index in [1.807, 2.05) is 0 Å². The van der Waals surface area contributed by atoms with Crippen molar-refractivity contribution < 1.29 is 24.3 Å². The fraction of sp³-hybridized carbons (Fsp3) is 0.346. The lowest BCUT2D eigenvalue weighted by atomic mass is 9.86. The van der Waals surface area contributed by atoms with E-state index in [9.17, 15) is 9.59 Å². The van der Waals surface area contributed by atoms with Gasteiger partial charge in [0.25, 0.3) is 0 Å². The summed E-state index contributed by atoms with van der Waals surface area (Å²) in [4.78, 5) is 21.7. The van der Waals surface area contributed by atoms with E-state index < -0.39 is 11.9 Å². The summed E-state index contributed by atoms with van der Waals surface area (Å²) in [7, 11) is 0.